The third-order valence-electron chi connectivity index (χ3n) is 2.55. The summed E-state index contributed by atoms with van der Waals surface area (Å²) >= 11 is 0. The lowest BCUT2D eigenvalue weighted by molar-refractivity contribution is -0.136. The van der Waals surface area contributed by atoms with Crippen LogP contribution in [0.15, 0.2) is 0 Å². The third-order valence-corrected chi connectivity index (χ3v) is 2.55. The van der Waals surface area contributed by atoms with Crippen molar-refractivity contribution in [3.8, 4) is 0 Å². The normalized spacial score (nSPS) is 13.7. The van der Waals surface area contributed by atoms with Crippen molar-refractivity contribution < 1.29 is 14.4 Å². The molecule has 0 saturated carbocycles. The van der Waals surface area contributed by atoms with Crippen molar-refractivity contribution in [1.29, 1.82) is 0 Å². The first-order chi connectivity index (χ1) is 6.88. The Bertz CT molecular complexity index is 187. The molecule has 1 N–H and O–H groups in total. The predicted molar refractivity (Wildman–Crippen MR) is 59.2 cm³/mol. The van der Waals surface area contributed by atoms with Gasteiger partial charge in [0, 0.05) is 13.5 Å². The number of amides is 1. The predicted octanol–water partition coefficient (Wildman–Crippen LogP) is 1.75. The summed E-state index contributed by atoms with van der Waals surface area (Å²) in [5, 5.41) is 0. The molecule has 4 heteroatoms. The highest BCUT2D eigenvalue weighted by Gasteiger charge is 2.22. The number of methoxy groups -OCH3 is 1. The van der Waals surface area contributed by atoms with Crippen LogP contribution in [0, 0.1) is 11.3 Å². The van der Waals surface area contributed by atoms with E-state index in [1.165, 1.54) is 0 Å². The molecule has 0 heterocycles. The quantitative estimate of drug-likeness (QED) is 0.544. The van der Waals surface area contributed by atoms with Crippen molar-refractivity contribution >= 4 is 5.91 Å². The maximum atomic E-state index is 11.4. The Morgan fingerprint density at radius 1 is 1.33 bits per heavy atom. The highest BCUT2D eigenvalue weighted by atomic mass is 16.7. The molecular weight excluding hydrogens is 194 g/mol. The lowest BCUT2D eigenvalue weighted by atomic mass is 9.80. The molecule has 0 aromatic heterocycles. The van der Waals surface area contributed by atoms with Crippen LogP contribution in [-0.4, -0.2) is 26.2 Å². The van der Waals surface area contributed by atoms with Crippen LogP contribution in [0.2, 0.25) is 0 Å². The minimum Gasteiger partial charge on any atom is -0.382 e. The molecular formula is C11H23NO3. The van der Waals surface area contributed by atoms with Gasteiger partial charge in [0.05, 0.1) is 13.2 Å². The number of carbonyl (C=O) groups is 1. The Kier molecular flexibility index (Phi) is 6.52. The first-order valence-electron chi connectivity index (χ1n) is 5.27. The fourth-order valence-corrected chi connectivity index (χ4v) is 0.882. The number of hydroxylamine groups is 1. The Hall–Kier alpha value is -0.610. The summed E-state index contributed by atoms with van der Waals surface area (Å²) in [6.07, 6.45) is 0.483. The van der Waals surface area contributed by atoms with Crippen LogP contribution in [0.1, 0.15) is 34.1 Å². The van der Waals surface area contributed by atoms with E-state index in [-0.39, 0.29) is 11.3 Å². The summed E-state index contributed by atoms with van der Waals surface area (Å²) in [5.74, 6) is 0.247. The summed E-state index contributed by atoms with van der Waals surface area (Å²) in [7, 11) is 1.59. The Labute approximate surface area is 92.3 Å². The van der Waals surface area contributed by atoms with E-state index >= 15 is 0 Å². The molecule has 0 bridgehead atoms. The molecule has 15 heavy (non-hydrogen) atoms. The maximum Gasteiger partial charge on any atom is 0.243 e. The van der Waals surface area contributed by atoms with Gasteiger partial charge in [0.25, 0.3) is 0 Å². The SMILES string of the molecule is COCCONC(=O)CC(C)C(C)(C)C. The van der Waals surface area contributed by atoms with Crippen LogP contribution in [-0.2, 0) is 14.4 Å². The first-order valence-corrected chi connectivity index (χ1v) is 5.27. The van der Waals surface area contributed by atoms with Crippen molar-refractivity contribution in [1.82, 2.24) is 5.48 Å². The zero-order valence-electron chi connectivity index (χ0n) is 10.4. The lowest BCUT2D eigenvalue weighted by Gasteiger charge is -2.26. The topological polar surface area (TPSA) is 47.6 Å². The molecule has 0 spiro atoms. The third kappa shape index (κ3) is 7.33. The van der Waals surface area contributed by atoms with Crippen LogP contribution >= 0.6 is 0 Å². The van der Waals surface area contributed by atoms with Crippen molar-refractivity contribution in [3.05, 3.63) is 0 Å². The number of hydrogen-bond donors (Lipinski definition) is 1. The molecule has 0 saturated heterocycles. The second-order valence-corrected chi connectivity index (χ2v) is 4.84. The maximum absolute atomic E-state index is 11.4. The Balaban J connectivity index is 3.65. The van der Waals surface area contributed by atoms with E-state index in [0.717, 1.165) is 0 Å². The second-order valence-electron chi connectivity index (χ2n) is 4.84. The monoisotopic (exact) mass is 217 g/mol. The standard InChI is InChI=1S/C11H23NO3/c1-9(11(2,3)4)8-10(13)12-15-7-6-14-5/h9H,6-8H2,1-5H3,(H,12,13). The molecule has 90 valence electrons. The summed E-state index contributed by atoms with van der Waals surface area (Å²) in [6, 6.07) is 0. The van der Waals surface area contributed by atoms with Gasteiger partial charge >= 0.3 is 0 Å². The van der Waals surface area contributed by atoms with Crippen LogP contribution in [0.4, 0.5) is 0 Å². The van der Waals surface area contributed by atoms with Crippen molar-refractivity contribution in [3.63, 3.8) is 0 Å². The van der Waals surface area contributed by atoms with Gasteiger partial charge < -0.3 is 4.74 Å². The average molecular weight is 217 g/mol. The van der Waals surface area contributed by atoms with Gasteiger partial charge in [0.15, 0.2) is 0 Å². The van der Waals surface area contributed by atoms with E-state index in [0.29, 0.717) is 25.6 Å². The number of hydrogen-bond acceptors (Lipinski definition) is 3. The van der Waals surface area contributed by atoms with Gasteiger partial charge in [-0.2, -0.15) is 0 Å². The van der Waals surface area contributed by atoms with E-state index < -0.39 is 0 Å². The molecule has 1 amide bonds. The zero-order chi connectivity index (χ0) is 11.9. The number of rotatable bonds is 6. The van der Waals surface area contributed by atoms with E-state index in [1.807, 2.05) is 0 Å². The fraction of sp³-hybridized carbons (Fsp3) is 0.909. The number of nitrogens with one attached hydrogen (secondary N) is 1. The molecule has 0 aliphatic heterocycles. The van der Waals surface area contributed by atoms with Crippen LogP contribution < -0.4 is 5.48 Å². The molecule has 4 nitrogen and oxygen atoms in total. The van der Waals surface area contributed by atoms with Crippen molar-refractivity contribution in [2.75, 3.05) is 20.3 Å². The van der Waals surface area contributed by atoms with Gasteiger partial charge in [0.2, 0.25) is 5.91 Å². The molecule has 1 unspecified atom stereocenters. The van der Waals surface area contributed by atoms with Gasteiger partial charge in [-0.3, -0.25) is 9.63 Å². The number of ether oxygens (including phenoxy) is 1. The van der Waals surface area contributed by atoms with Gasteiger partial charge in [-0.25, -0.2) is 5.48 Å². The van der Waals surface area contributed by atoms with E-state index in [1.54, 1.807) is 7.11 Å². The molecule has 0 aromatic carbocycles. The van der Waals surface area contributed by atoms with E-state index in [2.05, 4.69) is 33.2 Å². The Morgan fingerprint density at radius 3 is 2.40 bits per heavy atom. The van der Waals surface area contributed by atoms with Gasteiger partial charge in [-0.15, -0.1) is 0 Å². The molecule has 1 atom stereocenters. The second kappa shape index (κ2) is 6.80. The van der Waals surface area contributed by atoms with Crippen LogP contribution in [0.3, 0.4) is 0 Å². The molecule has 0 aliphatic rings. The molecule has 0 rings (SSSR count). The largest absolute Gasteiger partial charge is 0.382 e. The summed E-state index contributed by atoms with van der Waals surface area (Å²) in [5.41, 5.74) is 2.54. The first kappa shape index (κ1) is 14.4. The van der Waals surface area contributed by atoms with Crippen LogP contribution in [0.25, 0.3) is 0 Å². The fourth-order valence-electron chi connectivity index (χ4n) is 0.882. The number of carbonyl (C=O) groups excluding carboxylic acids is 1. The highest BCUT2D eigenvalue weighted by molar-refractivity contribution is 5.75. The lowest BCUT2D eigenvalue weighted by Crippen LogP contribution is -2.30. The van der Waals surface area contributed by atoms with Gasteiger partial charge in [0.1, 0.15) is 0 Å². The van der Waals surface area contributed by atoms with E-state index in [9.17, 15) is 4.79 Å². The molecule has 0 fully saturated rings. The van der Waals surface area contributed by atoms with Gasteiger partial charge in [-0.1, -0.05) is 27.7 Å². The van der Waals surface area contributed by atoms with Gasteiger partial charge in [-0.05, 0) is 11.3 Å². The molecule has 0 aromatic rings. The van der Waals surface area contributed by atoms with Crippen molar-refractivity contribution in [2.45, 2.75) is 34.1 Å². The van der Waals surface area contributed by atoms with Crippen LogP contribution in [0.5, 0.6) is 0 Å². The van der Waals surface area contributed by atoms with Crippen molar-refractivity contribution in [2.24, 2.45) is 11.3 Å². The van der Waals surface area contributed by atoms with E-state index in [4.69, 9.17) is 9.57 Å². The minimum atomic E-state index is -0.0754. The summed E-state index contributed by atoms with van der Waals surface area (Å²) < 4.78 is 4.78. The molecule has 0 aliphatic carbocycles. The smallest absolute Gasteiger partial charge is 0.243 e. The summed E-state index contributed by atoms with van der Waals surface area (Å²) in [6.45, 7) is 9.29. The Morgan fingerprint density at radius 2 is 1.93 bits per heavy atom. The minimum absolute atomic E-state index is 0.0754. The highest BCUT2D eigenvalue weighted by Crippen LogP contribution is 2.27. The summed E-state index contributed by atoms with van der Waals surface area (Å²) in [4.78, 5) is 16.3. The molecule has 0 radical (unpaired) electrons. The average Bonchev–Trinajstić information content (AvgIpc) is 2.11. The zero-order valence-corrected chi connectivity index (χ0v) is 10.4.